The molecule has 34 heavy (non-hydrogen) atoms. The van der Waals surface area contributed by atoms with Crippen LogP contribution in [0.3, 0.4) is 0 Å². The number of benzene rings is 3. The number of carbonyl (C=O) groups excluding carboxylic acids is 3. The molecule has 1 saturated heterocycles. The van der Waals surface area contributed by atoms with E-state index in [-0.39, 0.29) is 23.6 Å². The smallest absolute Gasteiger partial charge is 0.257 e. The number of likely N-dealkylation sites (tertiary alicyclic amines) is 1. The zero-order valence-corrected chi connectivity index (χ0v) is 19.4. The van der Waals surface area contributed by atoms with E-state index < -0.39 is 0 Å². The first-order valence-corrected chi connectivity index (χ1v) is 11.7. The summed E-state index contributed by atoms with van der Waals surface area (Å²) in [5.41, 5.74) is 2.36. The van der Waals surface area contributed by atoms with Crippen LogP contribution in [-0.4, -0.2) is 35.7 Å². The number of anilines is 1. The molecule has 3 aromatic rings. The molecule has 1 atom stereocenters. The van der Waals surface area contributed by atoms with Crippen LogP contribution >= 0.6 is 11.6 Å². The SMILES string of the molecule is O=C(Nc1cccc(C(=O)N2CCCC(C(=O)NCc3ccccc3)C2)c1)c1ccccc1Cl. The third kappa shape index (κ3) is 5.83. The number of rotatable bonds is 6. The lowest BCUT2D eigenvalue weighted by Gasteiger charge is -2.32. The van der Waals surface area contributed by atoms with Crippen molar-refractivity contribution in [1.29, 1.82) is 0 Å². The quantitative estimate of drug-likeness (QED) is 0.539. The molecular formula is C27H26ClN3O3. The predicted octanol–water partition coefficient (Wildman–Crippen LogP) is 4.76. The highest BCUT2D eigenvalue weighted by atomic mass is 35.5. The number of halogens is 1. The van der Waals surface area contributed by atoms with Crippen LogP contribution in [0.4, 0.5) is 5.69 Å². The predicted molar refractivity (Wildman–Crippen MR) is 133 cm³/mol. The van der Waals surface area contributed by atoms with E-state index in [0.717, 1.165) is 18.4 Å². The highest BCUT2D eigenvalue weighted by molar-refractivity contribution is 6.34. The number of nitrogens with zero attached hydrogens (tertiary/aromatic N) is 1. The molecule has 1 heterocycles. The van der Waals surface area contributed by atoms with Crippen LogP contribution in [0.15, 0.2) is 78.9 Å². The van der Waals surface area contributed by atoms with Crippen molar-refractivity contribution in [1.82, 2.24) is 10.2 Å². The van der Waals surface area contributed by atoms with Gasteiger partial charge in [-0.3, -0.25) is 14.4 Å². The number of amides is 3. The average Bonchev–Trinajstić information content (AvgIpc) is 2.88. The largest absolute Gasteiger partial charge is 0.352 e. The number of hydrogen-bond donors (Lipinski definition) is 2. The Morgan fingerprint density at radius 2 is 1.71 bits per heavy atom. The fourth-order valence-corrected chi connectivity index (χ4v) is 4.28. The molecule has 2 N–H and O–H groups in total. The van der Waals surface area contributed by atoms with Crippen LogP contribution in [0.25, 0.3) is 0 Å². The van der Waals surface area contributed by atoms with Crippen molar-refractivity contribution in [3.05, 3.63) is 101 Å². The van der Waals surface area contributed by atoms with Crippen LogP contribution in [0.2, 0.25) is 5.02 Å². The average molecular weight is 476 g/mol. The maximum absolute atomic E-state index is 13.2. The zero-order valence-electron chi connectivity index (χ0n) is 18.7. The number of nitrogens with one attached hydrogen (secondary N) is 2. The molecule has 0 radical (unpaired) electrons. The minimum absolute atomic E-state index is 0.0397. The van der Waals surface area contributed by atoms with Gasteiger partial charge in [0.1, 0.15) is 0 Å². The molecule has 3 aromatic carbocycles. The van der Waals surface area contributed by atoms with Gasteiger partial charge in [0, 0.05) is 30.9 Å². The van der Waals surface area contributed by atoms with Crippen molar-refractivity contribution in [3.63, 3.8) is 0 Å². The summed E-state index contributed by atoms with van der Waals surface area (Å²) in [6, 6.07) is 23.4. The van der Waals surface area contributed by atoms with Gasteiger partial charge in [0.2, 0.25) is 5.91 Å². The molecule has 1 fully saturated rings. The van der Waals surface area contributed by atoms with E-state index >= 15 is 0 Å². The van der Waals surface area contributed by atoms with Gasteiger partial charge in [0.05, 0.1) is 16.5 Å². The number of carbonyl (C=O) groups is 3. The monoisotopic (exact) mass is 475 g/mol. The van der Waals surface area contributed by atoms with Crippen molar-refractivity contribution in [2.75, 3.05) is 18.4 Å². The number of piperidine rings is 1. The Labute approximate surface area is 203 Å². The van der Waals surface area contributed by atoms with Crippen molar-refractivity contribution < 1.29 is 14.4 Å². The molecular weight excluding hydrogens is 450 g/mol. The molecule has 0 bridgehead atoms. The Hall–Kier alpha value is -3.64. The van der Waals surface area contributed by atoms with Gasteiger partial charge < -0.3 is 15.5 Å². The van der Waals surface area contributed by atoms with Crippen LogP contribution < -0.4 is 10.6 Å². The fourth-order valence-electron chi connectivity index (χ4n) is 4.06. The van der Waals surface area contributed by atoms with Gasteiger partial charge in [-0.05, 0) is 48.7 Å². The highest BCUT2D eigenvalue weighted by Gasteiger charge is 2.29. The lowest BCUT2D eigenvalue weighted by atomic mass is 9.96. The van der Waals surface area contributed by atoms with Gasteiger partial charge in [-0.2, -0.15) is 0 Å². The molecule has 1 unspecified atom stereocenters. The minimum Gasteiger partial charge on any atom is -0.352 e. The summed E-state index contributed by atoms with van der Waals surface area (Å²) in [4.78, 5) is 40.2. The molecule has 0 spiro atoms. The van der Waals surface area contributed by atoms with E-state index in [2.05, 4.69) is 10.6 Å². The Bertz CT molecular complexity index is 1180. The van der Waals surface area contributed by atoms with Gasteiger partial charge in [-0.1, -0.05) is 60.1 Å². The second kappa shape index (κ2) is 11.0. The van der Waals surface area contributed by atoms with Crippen molar-refractivity contribution in [3.8, 4) is 0 Å². The first kappa shape index (κ1) is 23.5. The van der Waals surface area contributed by atoms with Crippen molar-refractivity contribution >= 4 is 35.0 Å². The molecule has 1 aliphatic rings. The van der Waals surface area contributed by atoms with Gasteiger partial charge >= 0.3 is 0 Å². The zero-order chi connectivity index (χ0) is 23.9. The summed E-state index contributed by atoms with van der Waals surface area (Å²) < 4.78 is 0. The summed E-state index contributed by atoms with van der Waals surface area (Å²) in [6.45, 7) is 1.43. The van der Waals surface area contributed by atoms with Crippen LogP contribution in [0.5, 0.6) is 0 Å². The van der Waals surface area contributed by atoms with E-state index in [9.17, 15) is 14.4 Å². The van der Waals surface area contributed by atoms with Gasteiger partial charge in [0.25, 0.3) is 11.8 Å². The molecule has 4 rings (SSSR count). The summed E-state index contributed by atoms with van der Waals surface area (Å²) in [5, 5.41) is 6.14. The lowest BCUT2D eigenvalue weighted by Crippen LogP contribution is -2.45. The topological polar surface area (TPSA) is 78.5 Å². The van der Waals surface area contributed by atoms with Crippen LogP contribution in [0, 0.1) is 5.92 Å². The van der Waals surface area contributed by atoms with Gasteiger partial charge in [0.15, 0.2) is 0 Å². The van der Waals surface area contributed by atoms with Crippen LogP contribution in [0.1, 0.15) is 39.1 Å². The molecule has 3 amide bonds. The molecule has 0 saturated carbocycles. The molecule has 174 valence electrons. The number of hydrogen-bond acceptors (Lipinski definition) is 3. The Balaban J connectivity index is 1.38. The van der Waals surface area contributed by atoms with E-state index in [0.29, 0.717) is 41.5 Å². The van der Waals surface area contributed by atoms with Gasteiger partial charge in [-0.25, -0.2) is 0 Å². The lowest BCUT2D eigenvalue weighted by molar-refractivity contribution is -0.126. The standard InChI is InChI=1S/C27H26ClN3O3/c28-24-14-5-4-13-23(24)26(33)30-22-12-6-10-20(16-22)27(34)31-15-7-11-21(18-31)25(32)29-17-19-8-2-1-3-9-19/h1-6,8-10,12-14,16,21H,7,11,15,17-18H2,(H,29,32)(H,30,33). The molecule has 0 aromatic heterocycles. The van der Waals surface area contributed by atoms with Gasteiger partial charge in [-0.15, -0.1) is 0 Å². The van der Waals surface area contributed by atoms with Crippen LogP contribution in [-0.2, 0) is 11.3 Å². The summed E-state index contributed by atoms with van der Waals surface area (Å²) in [6.07, 6.45) is 1.51. The third-order valence-corrected chi connectivity index (χ3v) is 6.20. The Kier molecular flexibility index (Phi) is 7.60. The summed E-state index contributed by atoms with van der Waals surface area (Å²) >= 11 is 6.11. The first-order valence-electron chi connectivity index (χ1n) is 11.3. The Morgan fingerprint density at radius 1 is 0.941 bits per heavy atom. The van der Waals surface area contributed by atoms with E-state index in [4.69, 9.17) is 11.6 Å². The van der Waals surface area contributed by atoms with E-state index in [1.165, 1.54) is 0 Å². The summed E-state index contributed by atoms with van der Waals surface area (Å²) in [5.74, 6) is -0.788. The second-order valence-corrected chi connectivity index (χ2v) is 8.72. The highest BCUT2D eigenvalue weighted by Crippen LogP contribution is 2.22. The molecule has 6 nitrogen and oxygen atoms in total. The molecule has 7 heteroatoms. The fraction of sp³-hybridized carbons (Fsp3) is 0.222. The maximum Gasteiger partial charge on any atom is 0.257 e. The third-order valence-electron chi connectivity index (χ3n) is 5.87. The van der Waals surface area contributed by atoms with E-state index in [1.54, 1.807) is 53.4 Å². The Morgan fingerprint density at radius 3 is 2.50 bits per heavy atom. The second-order valence-electron chi connectivity index (χ2n) is 8.31. The summed E-state index contributed by atoms with van der Waals surface area (Å²) in [7, 11) is 0. The van der Waals surface area contributed by atoms with Crippen molar-refractivity contribution in [2.24, 2.45) is 5.92 Å². The maximum atomic E-state index is 13.2. The molecule has 1 aliphatic heterocycles. The molecule has 0 aliphatic carbocycles. The first-order chi connectivity index (χ1) is 16.5. The minimum atomic E-state index is -0.344. The van der Waals surface area contributed by atoms with Crippen molar-refractivity contribution in [2.45, 2.75) is 19.4 Å². The van der Waals surface area contributed by atoms with E-state index in [1.807, 2.05) is 30.3 Å². The normalized spacial score (nSPS) is 15.4.